The minimum Gasteiger partial charge on any atom is -0.311 e. The molecule has 5 nitrogen and oxygen atoms in total. The lowest BCUT2D eigenvalue weighted by Gasteiger charge is -2.16. The summed E-state index contributed by atoms with van der Waals surface area (Å²) < 4.78 is 0. The molecule has 1 unspecified atom stereocenters. The third-order valence-corrected chi connectivity index (χ3v) is 3.37. The fourth-order valence-corrected chi connectivity index (χ4v) is 2.58. The van der Waals surface area contributed by atoms with E-state index >= 15 is 0 Å². The van der Waals surface area contributed by atoms with Crippen molar-refractivity contribution in [2.75, 3.05) is 11.4 Å². The summed E-state index contributed by atoms with van der Waals surface area (Å²) in [5.74, 6) is -0.164. The smallest absolute Gasteiger partial charge is 0.271 e. The zero-order valence-corrected chi connectivity index (χ0v) is 10.8. The molecule has 5 heteroatoms. The van der Waals surface area contributed by atoms with Crippen molar-refractivity contribution >= 4 is 17.3 Å². The van der Waals surface area contributed by atoms with Crippen LogP contribution in [0.3, 0.4) is 0 Å². The van der Waals surface area contributed by atoms with Crippen molar-refractivity contribution in [3.63, 3.8) is 0 Å². The van der Waals surface area contributed by atoms with Gasteiger partial charge in [0.2, 0.25) is 5.91 Å². The standard InChI is InChI=1S/C13H16N2O3/c1-4-5-14-11-7-10(15(17)18)6-8(2)12(11)9(3)13(14)16/h6-7,9H,4-5H2,1-3H3. The molecule has 0 saturated carbocycles. The molecule has 0 saturated heterocycles. The summed E-state index contributed by atoms with van der Waals surface area (Å²) >= 11 is 0. The monoisotopic (exact) mass is 248 g/mol. The summed E-state index contributed by atoms with van der Waals surface area (Å²) in [6.45, 7) is 6.28. The van der Waals surface area contributed by atoms with Crippen molar-refractivity contribution in [3.8, 4) is 0 Å². The van der Waals surface area contributed by atoms with Crippen LogP contribution in [0.5, 0.6) is 0 Å². The number of nitro groups is 1. The van der Waals surface area contributed by atoms with Crippen LogP contribution in [0.1, 0.15) is 37.3 Å². The highest BCUT2D eigenvalue weighted by Gasteiger charge is 2.36. The van der Waals surface area contributed by atoms with E-state index in [2.05, 4.69) is 0 Å². The molecule has 2 rings (SSSR count). The van der Waals surface area contributed by atoms with Crippen molar-refractivity contribution in [1.82, 2.24) is 0 Å². The second-order valence-corrected chi connectivity index (χ2v) is 4.66. The van der Waals surface area contributed by atoms with Crippen molar-refractivity contribution in [2.24, 2.45) is 0 Å². The maximum absolute atomic E-state index is 12.1. The highest BCUT2D eigenvalue weighted by molar-refractivity contribution is 6.05. The molecule has 1 atom stereocenters. The molecule has 1 aliphatic heterocycles. The molecule has 1 aliphatic rings. The lowest BCUT2D eigenvalue weighted by molar-refractivity contribution is -0.384. The van der Waals surface area contributed by atoms with E-state index in [9.17, 15) is 14.9 Å². The minimum atomic E-state index is -0.412. The average Bonchev–Trinajstić information content (AvgIpc) is 2.55. The molecule has 1 aromatic rings. The number of nitro benzene ring substituents is 1. The zero-order chi connectivity index (χ0) is 13.4. The number of anilines is 1. The molecule has 0 aromatic heterocycles. The maximum atomic E-state index is 12.1. The first-order valence-electron chi connectivity index (χ1n) is 6.07. The Hall–Kier alpha value is -1.91. The number of amides is 1. The largest absolute Gasteiger partial charge is 0.311 e. The highest BCUT2D eigenvalue weighted by Crippen LogP contribution is 2.41. The van der Waals surface area contributed by atoms with Crippen LogP contribution in [0.25, 0.3) is 0 Å². The molecule has 1 heterocycles. The second kappa shape index (κ2) is 4.40. The van der Waals surface area contributed by atoms with Gasteiger partial charge in [0.25, 0.3) is 5.69 Å². The number of carbonyl (C=O) groups excluding carboxylic acids is 1. The Kier molecular flexibility index (Phi) is 3.07. The normalized spacial score (nSPS) is 18.1. The van der Waals surface area contributed by atoms with Gasteiger partial charge in [-0.3, -0.25) is 14.9 Å². The van der Waals surface area contributed by atoms with Crippen molar-refractivity contribution in [3.05, 3.63) is 33.4 Å². The van der Waals surface area contributed by atoms with Gasteiger partial charge in [-0.25, -0.2) is 0 Å². The lowest BCUT2D eigenvalue weighted by atomic mass is 9.97. The van der Waals surface area contributed by atoms with Gasteiger partial charge >= 0.3 is 0 Å². The Morgan fingerprint density at radius 1 is 1.44 bits per heavy atom. The Morgan fingerprint density at radius 2 is 2.11 bits per heavy atom. The average molecular weight is 248 g/mol. The lowest BCUT2D eigenvalue weighted by Crippen LogP contribution is -2.28. The van der Waals surface area contributed by atoms with Crippen LogP contribution in [0.4, 0.5) is 11.4 Å². The molecular formula is C13H16N2O3. The summed E-state index contributed by atoms with van der Waals surface area (Å²) in [5.41, 5.74) is 2.51. The third-order valence-electron chi connectivity index (χ3n) is 3.37. The molecule has 18 heavy (non-hydrogen) atoms. The van der Waals surface area contributed by atoms with Crippen LogP contribution < -0.4 is 4.90 Å². The van der Waals surface area contributed by atoms with E-state index in [0.717, 1.165) is 17.5 Å². The van der Waals surface area contributed by atoms with E-state index in [-0.39, 0.29) is 17.5 Å². The highest BCUT2D eigenvalue weighted by atomic mass is 16.6. The maximum Gasteiger partial charge on any atom is 0.271 e. The van der Waals surface area contributed by atoms with E-state index in [1.165, 1.54) is 12.1 Å². The van der Waals surface area contributed by atoms with Crippen LogP contribution in [-0.4, -0.2) is 17.4 Å². The molecule has 0 fully saturated rings. The number of carbonyl (C=O) groups is 1. The van der Waals surface area contributed by atoms with Gasteiger partial charge in [-0.1, -0.05) is 6.92 Å². The third kappa shape index (κ3) is 1.75. The first-order valence-corrected chi connectivity index (χ1v) is 6.07. The Labute approximate surface area is 106 Å². The molecule has 0 bridgehead atoms. The predicted octanol–water partition coefficient (Wildman–Crippen LogP) is 2.76. The fourth-order valence-electron chi connectivity index (χ4n) is 2.58. The molecule has 0 N–H and O–H groups in total. The fraction of sp³-hybridized carbons (Fsp3) is 0.462. The Morgan fingerprint density at radius 3 is 2.67 bits per heavy atom. The molecule has 0 radical (unpaired) electrons. The Balaban J connectivity index is 2.59. The summed E-state index contributed by atoms with van der Waals surface area (Å²) in [6.07, 6.45) is 0.833. The number of fused-ring (bicyclic) bond motifs is 1. The second-order valence-electron chi connectivity index (χ2n) is 4.66. The molecule has 96 valence electrons. The van der Waals surface area contributed by atoms with E-state index in [0.29, 0.717) is 12.2 Å². The topological polar surface area (TPSA) is 63.5 Å². The van der Waals surface area contributed by atoms with Crippen LogP contribution >= 0.6 is 0 Å². The van der Waals surface area contributed by atoms with Crippen LogP contribution in [0, 0.1) is 17.0 Å². The number of non-ortho nitro benzene ring substituents is 1. The van der Waals surface area contributed by atoms with Crippen molar-refractivity contribution in [1.29, 1.82) is 0 Å². The first-order chi connectivity index (χ1) is 8.47. The number of hydrogen-bond donors (Lipinski definition) is 0. The number of hydrogen-bond acceptors (Lipinski definition) is 3. The minimum absolute atomic E-state index is 0.0375. The summed E-state index contributed by atoms with van der Waals surface area (Å²) in [7, 11) is 0. The van der Waals surface area contributed by atoms with Gasteiger partial charge in [0.05, 0.1) is 16.5 Å². The van der Waals surface area contributed by atoms with E-state index in [4.69, 9.17) is 0 Å². The van der Waals surface area contributed by atoms with Gasteiger partial charge in [-0.05, 0) is 31.4 Å². The van der Waals surface area contributed by atoms with Crippen molar-refractivity contribution in [2.45, 2.75) is 33.1 Å². The van der Waals surface area contributed by atoms with Crippen molar-refractivity contribution < 1.29 is 9.72 Å². The van der Waals surface area contributed by atoms with Gasteiger partial charge in [-0.2, -0.15) is 0 Å². The molecule has 1 amide bonds. The summed E-state index contributed by atoms with van der Waals surface area (Å²) in [6, 6.07) is 3.05. The van der Waals surface area contributed by atoms with Gasteiger partial charge in [-0.15, -0.1) is 0 Å². The van der Waals surface area contributed by atoms with Crippen LogP contribution in [0.2, 0.25) is 0 Å². The van der Waals surface area contributed by atoms with E-state index in [1.54, 1.807) is 4.90 Å². The van der Waals surface area contributed by atoms with E-state index in [1.807, 2.05) is 20.8 Å². The number of nitrogens with zero attached hydrogens (tertiary/aromatic N) is 2. The SMILES string of the molecule is CCCN1C(=O)C(C)c2c(C)cc([N+](=O)[O-])cc21. The van der Waals surface area contributed by atoms with Crippen LogP contribution in [-0.2, 0) is 4.79 Å². The zero-order valence-electron chi connectivity index (χ0n) is 10.8. The molecule has 1 aromatic carbocycles. The first kappa shape index (κ1) is 12.5. The summed E-state index contributed by atoms with van der Waals surface area (Å²) in [4.78, 5) is 24.3. The predicted molar refractivity (Wildman–Crippen MR) is 68.9 cm³/mol. The van der Waals surface area contributed by atoms with Gasteiger partial charge in [0, 0.05) is 18.7 Å². The Bertz CT molecular complexity index is 525. The molecule has 0 spiro atoms. The van der Waals surface area contributed by atoms with Crippen LogP contribution in [0.15, 0.2) is 12.1 Å². The van der Waals surface area contributed by atoms with Gasteiger partial charge in [0.1, 0.15) is 0 Å². The number of aryl methyl sites for hydroxylation is 1. The van der Waals surface area contributed by atoms with Gasteiger partial charge in [0.15, 0.2) is 0 Å². The summed E-state index contributed by atoms with van der Waals surface area (Å²) in [5, 5.41) is 10.9. The number of rotatable bonds is 3. The molecule has 0 aliphatic carbocycles. The van der Waals surface area contributed by atoms with E-state index < -0.39 is 4.92 Å². The van der Waals surface area contributed by atoms with Gasteiger partial charge < -0.3 is 4.90 Å². The molecular weight excluding hydrogens is 232 g/mol. The quantitative estimate of drug-likeness (QED) is 0.610. The number of benzene rings is 1.